The molecule has 0 aliphatic heterocycles. The maximum absolute atomic E-state index is 6.31. The summed E-state index contributed by atoms with van der Waals surface area (Å²) in [4.78, 5) is 1.46. The Hall–Kier alpha value is -0.340. The summed E-state index contributed by atoms with van der Waals surface area (Å²) in [6, 6.07) is 2.66. The Kier molecular flexibility index (Phi) is 3.70. The Morgan fingerprint density at radius 2 is 2.12 bits per heavy atom. The van der Waals surface area contributed by atoms with Gasteiger partial charge in [-0.2, -0.15) is 0 Å². The van der Waals surface area contributed by atoms with E-state index >= 15 is 0 Å². The van der Waals surface area contributed by atoms with Gasteiger partial charge in [-0.3, -0.25) is 0 Å². The molecule has 16 heavy (non-hydrogen) atoms. The highest BCUT2D eigenvalue weighted by molar-refractivity contribution is 7.10. The van der Waals surface area contributed by atoms with Crippen LogP contribution in [-0.2, 0) is 0 Å². The monoisotopic (exact) mass is 237 g/mol. The first kappa shape index (κ1) is 12.1. The third-order valence-corrected chi connectivity index (χ3v) is 5.05. The maximum Gasteiger partial charge on any atom is 0.0108 e. The number of aryl methyl sites for hydroxylation is 1. The van der Waals surface area contributed by atoms with Gasteiger partial charge in [0.15, 0.2) is 0 Å². The van der Waals surface area contributed by atoms with Crippen LogP contribution >= 0.6 is 11.3 Å². The molecule has 1 heterocycles. The number of nitrogens with two attached hydrogens (primary N) is 1. The van der Waals surface area contributed by atoms with Crippen molar-refractivity contribution >= 4 is 11.3 Å². The second-order valence-corrected chi connectivity index (χ2v) is 6.64. The molecule has 2 N–H and O–H groups in total. The molecule has 1 aliphatic rings. The van der Waals surface area contributed by atoms with Crippen LogP contribution in [0.1, 0.15) is 49.5 Å². The first-order chi connectivity index (χ1) is 7.59. The van der Waals surface area contributed by atoms with E-state index in [1.54, 1.807) is 0 Å². The van der Waals surface area contributed by atoms with Crippen LogP contribution < -0.4 is 5.73 Å². The molecule has 1 aromatic heterocycles. The predicted molar refractivity (Wildman–Crippen MR) is 72.0 cm³/mol. The van der Waals surface area contributed by atoms with Crippen LogP contribution in [0.25, 0.3) is 0 Å². The highest BCUT2D eigenvalue weighted by Gasteiger charge is 2.31. The molecule has 2 heteroatoms. The van der Waals surface area contributed by atoms with Crippen molar-refractivity contribution in [1.29, 1.82) is 0 Å². The van der Waals surface area contributed by atoms with Gasteiger partial charge in [-0.1, -0.05) is 13.8 Å². The molecule has 1 aliphatic carbocycles. The summed E-state index contributed by atoms with van der Waals surface area (Å²) >= 11 is 1.85. The summed E-state index contributed by atoms with van der Waals surface area (Å²) in [6.45, 7) is 6.92. The van der Waals surface area contributed by atoms with Gasteiger partial charge in [0.05, 0.1) is 0 Å². The molecule has 1 nitrogen and oxygen atoms in total. The predicted octanol–water partition coefficient (Wildman–Crippen LogP) is 3.92. The highest BCUT2D eigenvalue weighted by Crippen LogP contribution is 2.40. The molecular formula is C14H23NS. The fourth-order valence-corrected chi connectivity index (χ4v) is 3.74. The van der Waals surface area contributed by atoms with Crippen LogP contribution in [0, 0.1) is 18.8 Å². The molecule has 0 radical (unpaired) electrons. The van der Waals surface area contributed by atoms with E-state index in [0.717, 1.165) is 11.8 Å². The largest absolute Gasteiger partial charge is 0.327 e. The van der Waals surface area contributed by atoms with Gasteiger partial charge in [0.25, 0.3) is 0 Å². The lowest BCUT2D eigenvalue weighted by Gasteiger charge is -2.36. The number of hydrogen-bond donors (Lipinski definition) is 1. The van der Waals surface area contributed by atoms with E-state index in [2.05, 4.69) is 32.2 Å². The lowest BCUT2D eigenvalue weighted by atomic mass is 9.71. The molecule has 90 valence electrons. The second-order valence-electron chi connectivity index (χ2n) is 5.52. The van der Waals surface area contributed by atoms with Crippen LogP contribution in [0.3, 0.4) is 0 Å². The molecule has 0 bridgehead atoms. The summed E-state index contributed by atoms with van der Waals surface area (Å²) in [6.07, 6.45) is 3.80. The maximum atomic E-state index is 6.31. The van der Waals surface area contributed by atoms with Crippen molar-refractivity contribution in [3.8, 4) is 0 Å². The zero-order valence-electron chi connectivity index (χ0n) is 10.6. The third-order valence-electron chi connectivity index (χ3n) is 4.19. The molecule has 0 aromatic carbocycles. The van der Waals surface area contributed by atoms with Gasteiger partial charge in [-0.15, -0.1) is 11.3 Å². The molecule has 1 fully saturated rings. The Bertz CT molecular complexity index is 342. The lowest BCUT2D eigenvalue weighted by Crippen LogP contribution is -2.36. The highest BCUT2D eigenvalue weighted by atomic mass is 32.1. The summed E-state index contributed by atoms with van der Waals surface area (Å²) < 4.78 is 0. The number of hydrogen-bond acceptors (Lipinski definition) is 2. The van der Waals surface area contributed by atoms with Crippen molar-refractivity contribution in [2.75, 3.05) is 0 Å². The Labute approximate surface area is 103 Å². The Balaban J connectivity index is 2.16. The molecule has 0 spiro atoms. The topological polar surface area (TPSA) is 26.0 Å². The summed E-state index contributed by atoms with van der Waals surface area (Å²) in [7, 11) is 0. The normalized spacial score (nSPS) is 30.9. The summed E-state index contributed by atoms with van der Waals surface area (Å²) in [5, 5.41) is 2.20. The molecule has 1 saturated carbocycles. The quantitative estimate of drug-likeness (QED) is 0.829. The number of rotatable bonds is 2. The summed E-state index contributed by atoms with van der Waals surface area (Å²) in [5.41, 5.74) is 7.82. The van der Waals surface area contributed by atoms with Gasteiger partial charge >= 0.3 is 0 Å². The van der Waals surface area contributed by atoms with Gasteiger partial charge in [0, 0.05) is 16.8 Å². The average molecular weight is 237 g/mol. The zero-order valence-corrected chi connectivity index (χ0v) is 11.4. The van der Waals surface area contributed by atoms with Crippen molar-refractivity contribution in [2.24, 2.45) is 17.6 Å². The van der Waals surface area contributed by atoms with E-state index in [9.17, 15) is 0 Å². The van der Waals surface area contributed by atoms with Crippen molar-refractivity contribution < 1.29 is 0 Å². The van der Waals surface area contributed by atoms with Crippen molar-refractivity contribution in [3.63, 3.8) is 0 Å². The van der Waals surface area contributed by atoms with E-state index in [-0.39, 0.29) is 0 Å². The molecule has 1 aromatic rings. The molecule has 0 amide bonds. The van der Waals surface area contributed by atoms with Gasteiger partial charge in [0.2, 0.25) is 0 Å². The Morgan fingerprint density at radius 1 is 1.38 bits per heavy atom. The van der Waals surface area contributed by atoms with E-state index < -0.39 is 0 Å². The lowest BCUT2D eigenvalue weighted by molar-refractivity contribution is 0.232. The SMILES string of the molecule is Cc1sccc1C1CC(C(C)C)CCC1N. The van der Waals surface area contributed by atoms with Gasteiger partial charge in [-0.25, -0.2) is 0 Å². The molecule has 3 unspecified atom stereocenters. The molecule has 3 atom stereocenters. The molecule has 0 saturated heterocycles. The van der Waals surface area contributed by atoms with Crippen LogP contribution in [0.2, 0.25) is 0 Å². The second kappa shape index (κ2) is 4.89. The smallest absolute Gasteiger partial charge is 0.0108 e. The van der Waals surface area contributed by atoms with Crippen molar-refractivity contribution in [2.45, 2.75) is 52.0 Å². The fourth-order valence-electron chi connectivity index (χ4n) is 2.97. The van der Waals surface area contributed by atoms with E-state index in [1.165, 1.54) is 29.7 Å². The average Bonchev–Trinajstić information content (AvgIpc) is 2.65. The first-order valence-electron chi connectivity index (χ1n) is 6.39. The van der Waals surface area contributed by atoms with Gasteiger partial charge < -0.3 is 5.73 Å². The van der Waals surface area contributed by atoms with Crippen molar-refractivity contribution in [3.05, 3.63) is 21.9 Å². The van der Waals surface area contributed by atoms with Crippen LogP contribution in [0.15, 0.2) is 11.4 Å². The zero-order chi connectivity index (χ0) is 11.7. The van der Waals surface area contributed by atoms with Crippen molar-refractivity contribution in [1.82, 2.24) is 0 Å². The molecule has 2 rings (SSSR count). The minimum Gasteiger partial charge on any atom is -0.327 e. The standard InChI is InChI=1S/C14H23NS/c1-9(2)11-4-5-14(15)13(8-11)12-6-7-16-10(12)3/h6-7,9,11,13-14H,4-5,8,15H2,1-3H3. The minimum absolute atomic E-state index is 0.378. The van der Waals surface area contributed by atoms with Crippen LogP contribution in [0.5, 0.6) is 0 Å². The van der Waals surface area contributed by atoms with Gasteiger partial charge in [0.1, 0.15) is 0 Å². The Morgan fingerprint density at radius 3 is 2.69 bits per heavy atom. The molecular weight excluding hydrogens is 214 g/mol. The minimum atomic E-state index is 0.378. The van der Waals surface area contributed by atoms with E-state index in [4.69, 9.17) is 5.73 Å². The summed E-state index contributed by atoms with van der Waals surface area (Å²) in [5.74, 6) is 2.27. The fraction of sp³-hybridized carbons (Fsp3) is 0.714. The third kappa shape index (κ3) is 2.33. The van der Waals surface area contributed by atoms with Crippen LogP contribution in [0.4, 0.5) is 0 Å². The first-order valence-corrected chi connectivity index (χ1v) is 7.27. The van der Waals surface area contributed by atoms with E-state index in [1.807, 2.05) is 11.3 Å². The number of thiophene rings is 1. The van der Waals surface area contributed by atoms with Crippen LogP contribution in [-0.4, -0.2) is 6.04 Å². The van der Waals surface area contributed by atoms with E-state index in [0.29, 0.717) is 12.0 Å². The van der Waals surface area contributed by atoms with Gasteiger partial charge in [-0.05, 0) is 55.0 Å².